The van der Waals surface area contributed by atoms with Crippen molar-refractivity contribution in [3.63, 3.8) is 0 Å². The molecule has 0 amide bonds. The Kier molecular flexibility index (Phi) is 3.17. The summed E-state index contributed by atoms with van der Waals surface area (Å²) in [4.78, 5) is 4.41. The van der Waals surface area contributed by atoms with Crippen molar-refractivity contribution < 1.29 is 0 Å². The van der Waals surface area contributed by atoms with Gasteiger partial charge in [0.1, 0.15) is 0 Å². The summed E-state index contributed by atoms with van der Waals surface area (Å²) in [7, 11) is 0. The molecule has 0 saturated carbocycles. The summed E-state index contributed by atoms with van der Waals surface area (Å²) in [5.74, 6) is 0.505. The van der Waals surface area contributed by atoms with Crippen LogP contribution in [0.5, 0.6) is 0 Å². The van der Waals surface area contributed by atoms with Crippen molar-refractivity contribution in [1.29, 1.82) is 0 Å². The number of hydrogen-bond acceptors (Lipinski definition) is 2. The normalized spacial score (nSPS) is 10.4. The fraction of sp³-hybridized carbons (Fsp3) is 0.182. The molecule has 72 valence electrons. The van der Waals surface area contributed by atoms with Gasteiger partial charge in [-0.2, -0.15) is 0 Å². The molecule has 0 aliphatic heterocycles. The number of nitrogens with zero attached hydrogens (tertiary/aromatic N) is 1. The molecule has 0 atom stereocenters. The van der Waals surface area contributed by atoms with E-state index in [1.54, 1.807) is 11.3 Å². The third-order valence-corrected chi connectivity index (χ3v) is 3.11. The molecule has 0 aliphatic carbocycles. The van der Waals surface area contributed by atoms with E-state index >= 15 is 0 Å². The molecular weight excluding hydrogens is 214 g/mol. The van der Waals surface area contributed by atoms with Gasteiger partial charge in [-0.25, -0.2) is 4.98 Å². The van der Waals surface area contributed by atoms with Gasteiger partial charge in [-0.15, -0.1) is 22.9 Å². The molecule has 0 N–H and O–H groups in total. The van der Waals surface area contributed by atoms with Crippen LogP contribution in [0.2, 0.25) is 0 Å². The zero-order chi connectivity index (χ0) is 9.80. The van der Waals surface area contributed by atoms with Crippen LogP contribution in [0.1, 0.15) is 16.3 Å². The van der Waals surface area contributed by atoms with Crippen molar-refractivity contribution in [2.45, 2.75) is 12.3 Å². The van der Waals surface area contributed by atoms with Crippen LogP contribution in [-0.4, -0.2) is 4.98 Å². The van der Waals surface area contributed by atoms with Crippen molar-refractivity contribution >= 4 is 22.9 Å². The third kappa shape index (κ3) is 2.34. The van der Waals surface area contributed by atoms with E-state index in [2.05, 4.69) is 17.1 Å². The molecule has 3 heteroatoms. The predicted molar refractivity (Wildman–Crippen MR) is 60.9 cm³/mol. The fourth-order valence-electron chi connectivity index (χ4n) is 1.26. The quantitative estimate of drug-likeness (QED) is 0.727. The van der Waals surface area contributed by atoms with Gasteiger partial charge in [0.25, 0.3) is 0 Å². The number of halogens is 1. The van der Waals surface area contributed by atoms with Gasteiger partial charge in [-0.3, -0.25) is 0 Å². The molecule has 1 aromatic carbocycles. The molecule has 2 aromatic rings. The van der Waals surface area contributed by atoms with Crippen molar-refractivity contribution in [3.8, 4) is 0 Å². The number of benzene rings is 1. The first-order valence-corrected chi connectivity index (χ1v) is 5.83. The van der Waals surface area contributed by atoms with E-state index in [9.17, 15) is 0 Å². The van der Waals surface area contributed by atoms with Gasteiger partial charge in [0.2, 0.25) is 0 Å². The van der Waals surface area contributed by atoms with E-state index in [-0.39, 0.29) is 0 Å². The molecule has 1 nitrogen and oxygen atoms in total. The third-order valence-electron chi connectivity index (χ3n) is 1.93. The molecule has 14 heavy (non-hydrogen) atoms. The highest BCUT2D eigenvalue weighted by Crippen LogP contribution is 2.15. The van der Waals surface area contributed by atoms with E-state index < -0.39 is 0 Å². The van der Waals surface area contributed by atoms with Crippen LogP contribution < -0.4 is 0 Å². The van der Waals surface area contributed by atoms with Crippen molar-refractivity contribution in [2.24, 2.45) is 0 Å². The minimum absolute atomic E-state index is 0.505. The van der Waals surface area contributed by atoms with Crippen LogP contribution in [0.4, 0.5) is 0 Å². The fourth-order valence-corrected chi connectivity index (χ4v) is 2.32. The highest BCUT2D eigenvalue weighted by molar-refractivity contribution is 7.09. The van der Waals surface area contributed by atoms with Gasteiger partial charge >= 0.3 is 0 Å². The highest BCUT2D eigenvalue weighted by atomic mass is 35.5. The average Bonchev–Trinajstić information content (AvgIpc) is 2.67. The van der Waals surface area contributed by atoms with E-state index in [4.69, 9.17) is 11.6 Å². The largest absolute Gasteiger partial charge is 0.245 e. The van der Waals surface area contributed by atoms with E-state index in [0.717, 1.165) is 17.1 Å². The summed E-state index contributed by atoms with van der Waals surface area (Å²) < 4.78 is 0. The first-order valence-electron chi connectivity index (χ1n) is 4.41. The highest BCUT2D eigenvalue weighted by Gasteiger charge is 2.01. The van der Waals surface area contributed by atoms with Gasteiger partial charge in [0.05, 0.1) is 16.6 Å². The predicted octanol–water partition coefficient (Wildman–Crippen LogP) is 3.47. The summed E-state index contributed by atoms with van der Waals surface area (Å²) in [6.07, 6.45) is 0.905. The average molecular weight is 224 g/mol. The van der Waals surface area contributed by atoms with Crippen LogP contribution in [0.15, 0.2) is 35.7 Å². The number of aromatic nitrogens is 1. The van der Waals surface area contributed by atoms with Gasteiger partial charge in [0.15, 0.2) is 0 Å². The second-order valence-corrected chi connectivity index (χ2v) is 4.24. The lowest BCUT2D eigenvalue weighted by Crippen LogP contribution is -1.87. The zero-order valence-corrected chi connectivity index (χ0v) is 9.18. The number of alkyl halides is 1. The maximum Gasteiger partial charge on any atom is 0.0972 e. The Balaban J connectivity index is 2.11. The number of hydrogen-bond donors (Lipinski definition) is 0. The summed E-state index contributed by atoms with van der Waals surface area (Å²) in [5.41, 5.74) is 2.27. The van der Waals surface area contributed by atoms with Gasteiger partial charge in [-0.05, 0) is 5.56 Å². The van der Waals surface area contributed by atoms with Crippen molar-refractivity contribution in [2.75, 3.05) is 0 Å². The van der Waals surface area contributed by atoms with Crippen LogP contribution >= 0.6 is 22.9 Å². The monoisotopic (exact) mass is 223 g/mol. The summed E-state index contributed by atoms with van der Waals surface area (Å²) in [6.45, 7) is 0. The van der Waals surface area contributed by atoms with E-state index in [1.807, 2.05) is 23.6 Å². The van der Waals surface area contributed by atoms with E-state index in [1.165, 1.54) is 5.56 Å². The lowest BCUT2D eigenvalue weighted by atomic mass is 10.2. The Bertz CT molecular complexity index is 397. The Morgan fingerprint density at radius 3 is 2.64 bits per heavy atom. The van der Waals surface area contributed by atoms with Crippen LogP contribution in [0.25, 0.3) is 0 Å². The minimum Gasteiger partial charge on any atom is -0.245 e. The molecule has 2 rings (SSSR count). The molecule has 0 fully saturated rings. The summed E-state index contributed by atoms with van der Waals surface area (Å²) in [5, 5.41) is 3.15. The second-order valence-electron chi connectivity index (χ2n) is 3.03. The lowest BCUT2D eigenvalue weighted by molar-refractivity contribution is 1.09. The molecule has 0 radical (unpaired) electrons. The van der Waals surface area contributed by atoms with Crippen LogP contribution in [0.3, 0.4) is 0 Å². The van der Waals surface area contributed by atoms with Gasteiger partial charge in [-0.1, -0.05) is 30.3 Å². The SMILES string of the molecule is ClCc1csc(Cc2ccccc2)n1. The molecule has 0 aliphatic rings. The second kappa shape index (κ2) is 4.58. The van der Waals surface area contributed by atoms with Gasteiger partial charge < -0.3 is 0 Å². The molecule has 1 heterocycles. The zero-order valence-electron chi connectivity index (χ0n) is 7.61. The Morgan fingerprint density at radius 1 is 1.21 bits per heavy atom. The first-order chi connectivity index (χ1) is 6.88. The minimum atomic E-state index is 0.505. The van der Waals surface area contributed by atoms with E-state index in [0.29, 0.717) is 5.88 Å². The molecule has 0 spiro atoms. The first kappa shape index (κ1) is 9.69. The molecule has 0 bridgehead atoms. The molecule has 0 unspecified atom stereocenters. The maximum atomic E-state index is 5.69. The smallest absolute Gasteiger partial charge is 0.0972 e. The Morgan fingerprint density at radius 2 is 2.00 bits per heavy atom. The lowest BCUT2D eigenvalue weighted by Gasteiger charge is -1.95. The molecule has 0 saturated heterocycles. The standard InChI is InChI=1S/C11H10ClNS/c12-7-10-8-14-11(13-10)6-9-4-2-1-3-5-9/h1-5,8H,6-7H2. The number of thiazole rings is 1. The topological polar surface area (TPSA) is 12.9 Å². The van der Waals surface area contributed by atoms with Crippen LogP contribution in [-0.2, 0) is 12.3 Å². The summed E-state index contributed by atoms with van der Waals surface area (Å²) >= 11 is 7.36. The maximum absolute atomic E-state index is 5.69. The van der Waals surface area contributed by atoms with Crippen molar-refractivity contribution in [3.05, 3.63) is 52.0 Å². The Hall–Kier alpha value is -0.860. The Labute approximate surface area is 92.4 Å². The molecule has 1 aromatic heterocycles. The molecular formula is C11H10ClNS. The van der Waals surface area contributed by atoms with Gasteiger partial charge in [0, 0.05) is 11.8 Å². The number of rotatable bonds is 3. The summed E-state index contributed by atoms with van der Waals surface area (Å²) in [6, 6.07) is 10.3. The van der Waals surface area contributed by atoms with Crippen LogP contribution in [0, 0.1) is 0 Å². The van der Waals surface area contributed by atoms with Crippen molar-refractivity contribution in [1.82, 2.24) is 4.98 Å².